The van der Waals surface area contributed by atoms with Crippen LogP contribution in [0.3, 0.4) is 0 Å². The molecule has 0 amide bonds. The van der Waals surface area contributed by atoms with Crippen molar-refractivity contribution in [2.45, 2.75) is 49.5 Å². The quantitative estimate of drug-likeness (QED) is 0.692. The Morgan fingerprint density at radius 1 is 1.19 bits per heavy atom. The Hall–Kier alpha value is -0.180. The van der Waals surface area contributed by atoms with Crippen LogP contribution < -0.4 is 4.72 Å². The van der Waals surface area contributed by atoms with Gasteiger partial charge in [0.1, 0.15) is 0 Å². The number of sulfonamides is 1. The summed E-state index contributed by atoms with van der Waals surface area (Å²) in [5.74, 6) is 0.523. The minimum atomic E-state index is -3.55. The van der Waals surface area contributed by atoms with E-state index in [1.54, 1.807) is 24.3 Å². The molecule has 1 atom stereocenters. The summed E-state index contributed by atoms with van der Waals surface area (Å²) in [5, 5.41) is 9.48. The van der Waals surface area contributed by atoms with E-state index >= 15 is 0 Å². The first-order chi connectivity index (χ1) is 10.0. The van der Waals surface area contributed by atoms with Crippen molar-refractivity contribution >= 4 is 32.6 Å². The third-order valence-electron chi connectivity index (χ3n) is 4.01. The highest BCUT2D eigenvalue weighted by Gasteiger charge is 2.23. The van der Waals surface area contributed by atoms with E-state index in [0.717, 1.165) is 22.8 Å². The standard InChI is InChI=1S/C15H22INO3S/c16-13-6-8-15(9-7-13)21(19,20)17-14(11-18)10-12-4-2-1-3-5-12/h6-9,12,14,17-18H,1-5,10-11H2. The lowest BCUT2D eigenvalue weighted by atomic mass is 9.85. The van der Waals surface area contributed by atoms with Gasteiger partial charge >= 0.3 is 0 Å². The Balaban J connectivity index is 2.00. The molecule has 2 N–H and O–H groups in total. The van der Waals surface area contributed by atoms with Crippen LogP contribution in [-0.4, -0.2) is 26.2 Å². The zero-order valence-corrected chi connectivity index (χ0v) is 14.9. The molecule has 1 aliphatic rings. The van der Waals surface area contributed by atoms with Gasteiger partial charge in [-0.25, -0.2) is 13.1 Å². The molecule has 0 heterocycles. The van der Waals surface area contributed by atoms with Crippen LogP contribution in [0.2, 0.25) is 0 Å². The van der Waals surface area contributed by atoms with Gasteiger partial charge < -0.3 is 5.11 Å². The number of hydrogen-bond acceptors (Lipinski definition) is 3. The first-order valence-corrected chi connectivity index (χ1v) is 9.96. The van der Waals surface area contributed by atoms with Crippen LogP contribution in [0, 0.1) is 9.49 Å². The van der Waals surface area contributed by atoms with Crippen LogP contribution in [0.5, 0.6) is 0 Å². The maximum atomic E-state index is 12.3. The predicted octanol–water partition coefficient (Wildman–Crippen LogP) is 2.90. The monoisotopic (exact) mass is 423 g/mol. The van der Waals surface area contributed by atoms with Gasteiger partial charge in [-0.15, -0.1) is 0 Å². The average Bonchev–Trinajstić information content (AvgIpc) is 2.48. The maximum Gasteiger partial charge on any atom is 0.240 e. The molecule has 1 aliphatic carbocycles. The van der Waals surface area contributed by atoms with Gasteiger partial charge in [0.05, 0.1) is 11.5 Å². The molecular weight excluding hydrogens is 401 g/mol. The second-order valence-corrected chi connectivity index (χ2v) is 8.65. The summed E-state index contributed by atoms with van der Waals surface area (Å²) in [7, 11) is -3.55. The molecule has 1 aromatic carbocycles. The van der Waals surface area contributed by atoms with E-state index < -0.39 is 16.1 Å². The predicted molar refractivity (Wildman–Crippen MR) is 91.5 cm³/mol. The van der Waals surface area contributed by atoms with Gasteiger partial charge in [-0.1, -0.05) is 32.1 Å². The van der Waals surface area contributed by atoms with Crippen molar-refractivity contribution in [2.24, 2.45) is 5.92 Å². The fourth-order valence-corrected chi connectivity index (χ4v) is 4.49. The highest BCUT2D eigenvalue weighted by atomic mass is 127. The summed E-state index contributed by atoms with van der Waals surface area (Å²) in [6, 6.07) is 6.34. The van der Waals surface area contributed by atoms with Crippen molar-refractivity contribution in [3.63, 3.8) is 0 Å². The Morgan fingerprint density at radius 2 is 1.81 bits per heavy atom. The van der Waals surface area contributed by atoms with Gasteiger partial charge in [-0.05, 0) is 59.2 Å². The van der Waals surface area contributed by atoms with Crippen molar-refractivity contribution in [3.8, 4) is 0 Å². The highest BCUT2D eigenvalue weighted by Crippen LogP contribution is 2.27. The number of rotatable bonds is 6. The molecule has 1 fully saturated rings. The number of aliphatic hydroxyl groups excluding tert-OH is 1. The summed E-state index contributed by atoms with van der Waals surface area (Å²) in [6.07, 6.45) is 6.71. The Kier molecular flexibility index (Phi) is 6.46. The summed E-state index contributed by atoms with van der Waals surface area (Å²) in [4.78, 5) is 0.255. The van der Waals surface area contributed by atoms with E-state index in [0.29, 0.717) is 5.92 Å². The molecule has 0 spiro atoms. The van der Waals surface area contributed by atoms with Crippen molar-refractivity contribution in [2.75, 3.05) is 6.61 Å². The van der Waals surface area contributed by atoms with Gasteiger partial charge in [0.15, 0.2) is 0 Å². The van der Waals surface area contributed by atoms with E-state index in [-0.39, 0.29) is 11.5 Å². The van der Waals surface area contributed by atoms with E-state index in [4.69, 9.17) is 0 Å². The fourth-order valence-electron chi connectivity index (χ4n) is 2.89. The Labute approximate surface area is 140 Å². The average molecular weight is 423 g/mol. The Bertz CT molecular complexity index is 539. The molecule has 0 saturated heterocycles. The Morgan fingerprint density at radius 3 is 2.38 bits per heavy atom. The van der Waals surface area contributed by atoms with E-state index in [1.807, 2.05) is 0 Å². The van der Waals surface area contributed by atoms with E-state index in [1.165, 1.54) is 19.3 Å². The van der Waals surface area contributed by atoms with E-state index in [2.05, 4.69) is 27.3 Å². The normalized spacial score (nSPS) is 18.6. The summed E-state index contributed by atoms with van der Waals surface area (Å²) in [6.45, 7) is -0.153. The van der Waals surface area contributed by atoms with Crippen LogP contribution >= 0.6 is 22.6 Å². The van der Waals surface area contributed by atoms with Gasteiger partial charge in [-0.3, -0.25) is 0 Å². The summed E-state index contributed by atoms with van der Waals surface area (Å²) in [5.41, 5.74) is 0. The molecule has 1 aromatic rings. The van der Waals surface area contributed by atoms with Crippen molar-refractivity contribution in [1.29, 1.82) is 0 Å². The largest absolute Gasteiger partial charge is 0.395 e. The molecule has 2 rings (SSSR count). The zero-order valence-electron chi connectivity index (χ0n) is 12.0. The van der Waals surface area contributed by atoms with E-state index in [9.17, 15) is 13.5 Å². The fraction of sp³-hybridized carbons (Fsp3) is 0.600. The smallest absolute Gasteiger partial charge is 0.240 e. The minimum absolute atomic E-state index is 0.153. The number of benzene rings is 1. The van der Waals surface area contributed by atoms with Gasteiger partial charge in [0, 0.05) is 9.61 Å². The van der Waals surface area contributed by atoms with Gasteiger partial charge in [0.2, 0.25) is 10.0 Å². The van der Waals surface area contributed by atoms with Crippen LogP contribution in [0.1, 0.15) is 38.5 Å². The SMILES string of the molecule is O=S(=O)(NC(CO)CC1CCCCC1)c1ccc(I)cc1. The molecule has 4 nitrogen and oxygen atoms in total. The number of nitrogens with one attached hydrogen (secondary N) is 1. The van der Waals surface area contributed by atoms with Gasteiger partial charge in [0.25, 0.3) is 0 Å². The summed E-state index contributed by atoms with van der Waals surface area (Å²) >= 11 is 2.14. The number of halogens is 1. The minimum Gasteiger partial charge on any atom is -0.395 e. The molecule has 0 aromatic heterocycles. The van der Waals surface area contributed by atoms with Crippen molar-refractivity contribution < 1.29 is 13.5 Å². The molecule has 21 heavy (non-hydrogen) atoms. The molecular formula is C15H22INO3S. The molecule has 1 unspecified atom stereocenters. The topological polar surface area (TPSA) is 66.4 Å². The number of hydrogen-bond donors (Lipinski definition) is 2. The molecule has 118 valence electrons. The third-order valence-corrected chi connectivity index (χ3v) is 6.26. The van der Waals surface area contributed by atoms with Crippen LogP contribution in [-0.2, 0) is 10.0 Å². The first kappa shape index (κ1) is 17.2. The third kappa shape index (κ3) is 5.19. The van der Waals surface area contributed by atoms with Crippen molar-refractivity contribution in [3.05, 3.63) is 27.8 Å². The van der Waals surface area contributed by atoms with Gasteiger partial charge in [-0.2, -0.15) is 0 Å². The highest BCUT2D eigenvalue weighted by molar-refractivity contribution is 14.1. The van der Waals surface area contributed by atoms with Crippen molar-refractivity contribution in [1.82, 2.24) is 4.72 Å². The molecule has 0 aliphatic heterocycles. The van der Waals surface area contributed by atoms with Crippen LogP contribution in [0.25, 0.3) is 0 Å². The molecule has 1 saturated carbocycles. The zero-order chi connectivity index (χ0) is 15.3. The molecule has 0 bridgehead atoms. The van der Waals surface area contributed by atoms with Crippen LogP contribution in [0.4, 0.5) is 0 Å². The lowest BCUT2D eigenvalue weighted by Crippen LogP contribution is -2.39. The lowest BCUT2D eigenvalue weighted by molar-refractivity contribution is 0.218. The molecule has 6 heteroatoms. The maximum absolute atomic E-state index is 12.3. The first-order valence-electron chi connectivity index (χ1n) is 7.40. The summed E-state index contributed by atoms with van der Waals surface area (Å²) < 4.78 is 28.3. The second kappa shape index (κ2) is 7.89. The second-order valence-electron chi connectivity index (χ2n) is 5.69. The lowest BCUT2D eigenvalue weighted by Gasteiger charge is -2.26. The molecule has 0 radical (unpaired) electrons. The van der Waals surface area contributed by atoms with Crippen LogP contribution in [0.15, 0.2) is 29.2 Å². The number of aliphatic hydroxyl groups is 1.